The monoisotopic (exact) mass is 349 g/mol. The molecule has 1 saturated heterocycles. The zero-order valence-electron chi connectivity index (χ0n) is 13.4. The standard InChI is InChI=1S/C19H15N3O2S/c20-12-13-7-9-14(10-8-13)21-11-3-5-16(18(21)23)22-15-4-1-2-6-17(15)25-19(22)24/h1-2,4,6-10,16H,3,5,11H2/t16-/m1/s1. The Labute approximate surface area is 148 Å². The maximum Gasteiger partial charge on any atom is 0.308 e. The maximum absolute atomic E-state index is 13.1. The SMILES string of the molecule is N#Cc1ccc(N2CCC[C@@H](n3c(=O)sc4ccccc43)C2=O)cc1. The van der Waals surface area contributed by atoms with Crippen LogP contribution in [0.4, 0.5) is 5.69 Å². The number of rotatable bonds is 2. The molecule has 0 aliphatic carbocycles. The van der Waals surface area contributed by atoms with Gasteiger partial charge in [0, 0.05) is 12.2 Å². The van der Waals surface area contributed by atoms with Gasteiger partial charge >= 0.3 is 4.87 Å². The van der Waals surface area contributed by atoms with Gasteiger partial charge in [-0.25, -0.2) is 0 Å². The number of hydrogen-bond donors (Lipinski definition) is 0. The number of fused-ring (bicyclic) bond motifs is 1. The van der Waals surface area contributed by atoms with Gasteiger partial charge in [0.25, 0.3) is 0 Å². The first-order chi connectivity index (χ1) is 12.2. The van der Waals surface area contributed by atoms with Crippen LogP contribution in [-0.2, 0) is 4.79 Å². The average molecular weight is 349 g/mol. The van der Waals surface area contributed by atoms with Crippen molar-refractivity contribution < 1.29 is 4.79 Å². The van der Waals surface area contributed by atoms with Gasteiger partial charge in [-0.05, 0) is 49.2 Å². The number of carbonyl (C=O) groups is 1. The highest BCUT2D eigenvalue weighted by Crippen LogP contribution is 2.30. The topological polar surface area (TPSA) is 66.1 Å². The molecule has 3 aromatic rings. The number of nitriles is 1. The summed E-state index contributed by atoms with van der Waals surface area (Å²) in [4.78, 5) is 27.2. The third kappa shape index (κ3) is 2.63. The van der Waals surface area contributed by atoms with E-state index < -0.39 is 6.04 Å². The Bertz CT molecular complexity index is 1040. The molecule has 2 aromatic carbocycles. The molecule has 1 fully saturated rings. The van der Waals surface area contributed by atoms with E-state index in [1.165, 1.54) is 11.3 Å². The molecule has 5 nitrogen and oxygen atoms in total. The second kappa shape index (κ2) is 6.19. The molecule has 0 spiro atoms. The molecule has 1 aliphatic rings. The van der Waals surface area contributed by atoms with Gasteiger partial charge in [0.2, 0.25) is 5.91 Å². The van der Waals surface area contributed by atoms with Crippen molar-refractivity contribution in [1.82, 2.24) is 4.57 Å². The molecule has 0 bridgehead atoms. The molecule has 4 rings (SSSR count). The van der Waals surface area contributed by atoms with Crippen LogP contribution in [0.5, 0.6) is 0 Å². The molecule has 1 aromatic heterocycles. The second-order valence-electron chi connectivity index (χ2n) is 6.01. The van der Waals surface area contributed by atoms with Crippen LogP contribution in [-0.4, -0.2) is 17.0 Å². The molecular formula is C19H15N3O2S. The molecule has 124 valence electrons. The van der Waals surface area contributed by atoms with Gasteiger partial charge < -0.3 is 4.90 Å². The Morgan fingerprint density at radius 2 is 1.84 bits per heavy atom. The van der Waals surface area contributed by atoms with Crippen molar-refractivity contribution in [2.24, 2.45) is 0 Å². The summed E-state index contributed by atoms with van der Waals surface area (Å²) in [5.74, 6) is -0.0680. The lowest BCUT2D eigenvalue weighted by atomic mass is 10.0. The van der Waals surface area contributed by atoms with Crippen molar-refractivity contribution in [2.75, 3.05) is 11.4 Å². The first kappa shape index (κ1) is 15.6. The Kier molecular flexibility index (Phi) is 3.86. The minimum atomic E-state index is -0.479. The number of amides is 1. The van der Waals surface area contributed by atoms with Crippen LogP contribution in [0.15, 0.2) is 53.3 Å². The fourth-order valence-corrected chi connectivity index (χ4v) is 4.28. The third-order valence-corrected chi connectivity index (χ3v) is 5.49. The van der Waals surface area contributed by atoms with Crippen LogP contribution < -0.4 is 9.77 Å². The van der Waals surface area contributed by atoms with Gasteiger partial charge in [-0.15, -0.1) is 0 Å². The predicted molar refractivity (Wildman–Crippen MR) is 97.9 cm³/mol. The van der Waals surface area contributed by atoms with Crippen molar-refractivity contribution in [1.29, 1.82) is 5.26 Å². The number of nitrogens with zero attached hydrogens (tertiary/aromatic N) is 3. The molecule has 0 unspecified atom stereocenters. The van der Waals surface area contributed by atoms with Crippen LogP contribution in [0, 0.1) is 11.3 Å². The summed E-state index contributed by atoms with van der Waals surface area (Å²) in [6.45, 7) is 0.623. The summed E-state index contributed by atoms with van der Waals surface area (Å²) in [7, 11) is 0. The summed E-state index contributed by atoms with van der Waals surface area (Å²) >= 11 is 1.18. The number of carbonyl (C=O) groups excluding carboxylic acids is 1. The number of thiazole rings is 1. The van der Waals surface area contributed by atoms with E-state index in [9.17, 15) is 9.59 Å². The molecule has 2 heterocycles. The lowest BCUT2D eigenvalue weighted by Crippen LogP contribution is -2.44. The molecule has 6 heteroatoms. The normalized spacial score (nSPS) is 17.6. The molecule has 25 heavy (non-hydrogen) atoms. The van der Waals surface area contributed by atoms with Crippen LogP contribution >= 0.6 is 11.3 Å². The molecular weight excluding hydrogens is 334 g/mol. The van der Waals surface area contributed by atoms with E-state index in [1.807, 2.05) is 24.3 Å². The fourth-order valence-electron chi connectivity index (χ4n) is 3.35. The van der Waals surface area contributed by atoms with E-state index in [1.54, 1.807) is 33.7 Å². The number of hydrogen-bond acceptors (Lipinski definition) is 4. The summed E-state index contributed by atoms with van der Waals surface area (Å²) in [5.41, 5.74) is 2.14. The van der Waals surface area contributed by atoms with Crippen molar-refractivity contribution >= 4 is 33.1 Å². The molecule has 1 atom stereocenters. The van der Waals surface area contributed by atoms with Crippen LogP contribution in [0.1, 0.15) is 24.4 Å². The summed E-state index contributed by atoms with van der Waals surface area (Å²) < 4.78 is 2.54. The van der Waals surface area contributed by atoms with E-state index in [-0.39, 0.29) is 10.8 Å². The van der Waals surface area contributed by atoms with E-state index in [0.29, 0.717) is 18.5 Å². The number of para-hydroxylation sites is 1. The summed E-state index contributed by atoms with van der Waals surface area (Å²) in [6.07, 6.45) is 1.49. The molecule has 1 aliphatic heterocycles. The van der Waals surface area contributed by atoms with Crippen LogP contribution in [0.3, 0.4) is 0 Å². The fraction of sp³-hybridized carbons (Fsp3) is 0.211. The first-order valence-corrected chi connectivity index (χ1v) is 8.92. The van der Waals surface area contributed by atoms with Gasteiger partial charge in [0.15, 0.2) is 0 Å². The molecule has 1 amide bonds. The molecule has 0 saturated carbocycles. The summed E-state index contributed by atoms with van der Waals surface area (Å²) in [6, 6.07) is 16.2. The van der Waals surface area contributed by atoms with Crippen molar-refractivity contribution in [3.05, 3.63) is 63.8 Å². The highest BCUT2D eigenvalue weighted by molar-refractivity contribution is 7.16. The lowest BCUT2D eigenvalue weighted by molar-refractivity contribution is -0.123. The Morgan fingerprint density at radius 3 is 2.60 bits per heavy atom. The second-order valence-corrected chi connectivity index (χ2v) is 7.01. The first-order valence-electron chi connectivity index (χ1n) is 8.10. The minimum Gasteiger partial charge on any atom is -0.311 e. The maximum atomic E-state index is 13.1. The van der Waals surface area contributed by atoms with Crippen LogP contribution in [0.25, 0.3) is 10.2 Å². The van der Waals surface area contributed by atoms with Gasteiger partial charge in [0.1, 0.15) is 6.04 Å². The van der Waals surface area contributed by atoms with E-state index in [0.717, 1.165) is 22.3 Å². The van der Waals surface area contributed by atoms with Gasteiger partial charge in [0.05, 0.1) is 21.8 Å². The average Bonchev–Trinajstić information content (AvgIpc) is 2.98. The Balaban J connectivity index is 1.73. The van der Waals surface area contributed by atoms with Crippen molar-refractivity contribution in [3.8, 4) is 6.07 Å². The Morgan fingerprint density at radius 1 is 1.08 bits per heavy atom. The minimum absolute atomic E-state index is 0.0680. The van der Waals surface area contributed by atoms with Crippen molar-refractivity contribution in [2.45, 2.75) is 18.9 Å². The van der Waals surface area contributed by atoms with Gasteiger partial charge in [-0.2, -0.15) is 5.26 Å². The quantitative estimate of drug-likeness (QED) is 0.713. The smallest absolute Gasteiger partial charge is 0.308 e. The highest BCUT2D eigenvalue weighted by Gasteiger charge is 2.33. The largest absolute Gasteiger partial charge is 0.311 e. The van der Waals surface area contributed by atoms with E-state index in [2.05, 4.69) is 6.07 Å². The number of piperidine rings is 1. The zero-order chi connectivity index (χ0) is 17.4. The van der Waals surface area contributed by atoms with Crippen LogP contribution in [0.2, 0.25) is 0 Å². The van der Waals surface area contributed by atoms with Crippen molar-refractivity contribution in [3.63, 3.8) is 0 Å². The highest BCUT2D eigenvalue weighted by atomic mass is 32.1. The zero-order valence-corrected chi connectivity index (χ0v) is 14.2. The number of benzene rings is 2. The van der Waals surface area contributed by atoms with E-state index >= 15 is 0 Å². The van der Waals surface area contributed by atoms with E-state index in [4.69, 9.17) is 5.26 Å². The number of anilines is 1. The van der Waals surface area contributed by atoms with Gasteiger partial charge in [-0.3, -0.25) is 14.2 Å². The Hall–Kier alpha value is -2.91. The summed E-state index contributed by atoms with van der Waals surface area (Å²) in [5, 5.41) is 8.92. The van der Waals surface area contributed by atoms with Gasteiger partial charge in [-0.1, -0.05) is 23.5 Å². The molecule has 0 N–H and O–H groups in total. The number of aromatic nitrogens is 1. The molecule has 0 radical (unpaired) electrons. The predicted octanol–water partition coefficient (Wildman–Crippen LogP) is 3.30. The lowest BCUT2D eigenvalue weighted by Gasteiger charge is -2.33. The third-order valence-electron chi connectivity index (χ3n) is 4.55.